The van der Waals surface area contributed by atoms with Gasteiger partial charge in [-0.1, -0.05) is 28.1 Å². The maximum absolute atomic E-state index is 12.3. The summed E-state index contributed by atoms with van der Waals surface area (Å²) in [5, 5.41) is 0. The normalized spacial score (nSPS) is 10.1. The number of carbonyl (C=O) groups excluding carboxylic acids is 1. The minimum atomic E-state index is 0.0230. The van der Waals surface area contributed by atoms with Crippen molar-refractivity contribution in [2.45, 2.75) is 13.8 Å². The lowest BCUT2D eigenvalue weighted by Gasteiger charge is -2.21. The third-order valence-corrected chi connectivity index (χ3v) is 3.44. The summed E-state index contributed by atoms with van der Waals surface area (Å²) >= 11 is 6.78. The molecular formula is C13H15Br2NO. The van der Waals surface area contributed by atoms with Crippen LogP contribution in [-0.2, 0) is 0 Å². The first kappa shape index (κ1) is 14.5. The Labute approximate surface area is 119 Å². The summed E-state index contributed by atoms with van der Waals surface area (Å²) in [4.78, 5) is 14.1. The second-order valence-electron chi connectivity index (χ2n) is 3.90. The van der Waals surface area contributed by atoms with Crippen molar-refractivity contribution in [1.82, 2.24) is 4.90 Å². The molecule has 0 heterocycles. The van der Waals surface area contributed by atoms with Gasteiger partial charge in [-0.25, -0.2) is 0 Å². The SMILES string of the molecule is C=C(C)CN(CC)C(=O)c1ccc(Br)cc1Br. The van der Waals surface area contributed by atoms with Crippen molar-refractivity contribution in [1.29, 1.82) is 0 Å². The molecule has 92 valence electrons. The van der Waals surface area contributed by atoms with Crippen LogP contribution in [0.4, 0.5) is 0 Å². The Balaban J connectivity index is 2.97. The largest absolute Gasteiger partial charge is 0.335 e. The first-order valence-corrected chi connectivity index (χ1v) is 6.93. The number of hydrogen-bond acceptors (Lipinski definition) is 1. The Kier molecular flexibility index (Phi) is 5.40. The highest BCUT2D eigenvalue weighted by atomic mass is 79.9. The molecule has 0 bridgehead atoms. The van der Waals surface area contributed by atoms with Gasteiger partial charge in [0.1, 0.15) is 0 Å². The van der Waals surface area contributed by atoms with Crippen molar-refractivity contribution in [3.05, 3.63) is 44.9 Å². The summed E-state index contributed by atoms with van der Waals surface area (Å²) in [6.45, 7) is 9.00. The number of rotatable bonds is 4. The molecule has 1 aromatic rings. The molecule has 4 heteroatoms. The average molecular weight is 361 g/mol. The van der Waals surface area contributed by atoms with E-state index in [4.69, 9.17) is 0 Å². The fourth-order valence-electron chi connectivity index (χ4n) is 1.49. The quantitative estimate of drug-likeness (QED) is 0.735. The molecule has 0 saturated heterocycles. The van der Waals surface area contributed by atoms with E-state index in [1.54, 1.807) is 4.90 Å². The predicted molar refractivity (Wildman–Crippen MR) is 78.2 cm³/mol. The van der Waals surface area contributed by atoms with E-state index in [0.29, 0.717) is 18.7 Å². The van der Waals surface area contributed by atoms with E-state index in [0.717, 1.165) is 14.5 Å². The van der Waals surface area contributed by atoms with Crippen molar-refractivity contribution >= 4 is 37.8 Å². The first-order valence-electron chi connectivity index (χ1n) is 5.34. The van der Waals surface area contributed by atoms with Crippen molar-refractivity contribution < 1.29 is 4.79 Å². The molecule has 0 fully saturated rings. The lowest BCUT2D eigenvalue weighted by molar-refractivity contribution is 0.0777. The summed E-state index contributed by atoms with van der Waals surface area (Å²) in [5.74, 6) is 0.0230. The van der Waals surface area contributed by atoms with E-state index in [9.17, 15) is 4.79 Å². The highest BCUT2D eigenvalue weighted by molar-refractivity contribution is 9.11. The number of halogens is 2. The fraction of sp³-hybridized carbons (Fsp3) is 0.308. The zero-order valence-corrected chi connectivity index (χ0v) is 13.1. The summed E-state index contributed by atoms with van der Waals surface area (Å²) < 4.78 is 1.75. The molecule has 0 aliphatic carbocycles. The van der Waals surface area contributed by atoms with Crippen LogP contribution in [0.2, 0.25) is 0 Å². The van der Waals surface area contributed by atoms with Gasteiger partial charge in [-0.3, -0.25) is 4.79 Å². The second kappa shape index (κ2) is 6.36. The number of amides is 1. The number of benzene rings is 1. The molecule has 0 aliphatic heterocycles. The van der Waals surface area contributed by atoms with Crippen LogP contribution in [0.1, 0.15) is 24.2 Å². The first-order chi connectivity index (χ1) is 7.95. The number of hydrogen-bond donors (Lipinski definition) is 0. The average Bonchev–Trinajstić information content (AvgIpc) is 2.24. The topological polar surface area (TPSA) is 20.3 Å². The van der Waals surface area contributed by atoms with Gasteiger partial charge >= 0.3 is 0 Å². The lowest BCUT2D eigenvalue weighted by Crippen LogP contribution is -2.32. The molecule has 17 heavy (non-hydrogen) atoms. The molecule has 0 saturated carbocycles. The predicted octanol–water partition coefficient (Wildman–Crippen LogP) is 4.25. The highest BCUT2D eigenvalue weighted by Gasteiger charge is 2.16. The summed E-state index contributed by atoms with van der Waals surface area (Å²) in [6.07, 6.45) is 0. The van der Waals surface area contributed by atoms with Crippen LogP contribution in [-0.4, -0.2) is 23.9 Å². The highest BCUT2D eigenvalue weighted by Crippen LogP contribution is 2.23. The molecule has 0 aromatic heterocycles. The Morgan fingerprint density at radius 3 is 2.53 bits per heavy atom. The molecular weight excluding hydrogens is 346 g/mol. The van der Waals surface area contributed by atoms with E-state index in [-0.39, 0.29) is 5.91 Å². The molecule has 1 amide bonds. The minimum absolute atomic E-state index is 0.0230. The van der Waals surface area contributed by atoms with Gasteiger partial charge in [0.05, 0.1) is 5.56 Å². The van der Waals surface area contributed by atoms with Crippen molar-refractivity contribution in [2.75, 3.05) is 13.1 Å². The van der Waals surface area contributed by atoms with E-state index in [1.165, 1.54) is 0 Å². The van der Waals surface area contributed by atoms with Gasteiger partial charge in [0.25, 0.3) is 5.91 Å². The van der Waals surface area contributed by atoms with Crippen molar-refractivity contribution in [2.24, 2.45) is 0 Å². The van der Waals surface area contributed by atoms with Gasteiger partial charge in [-0.05, 0) is 48.0 Å². The van der Waals surface area contributed by atoms with Crippen LogP contribution in [0.3, 0.4) is 0 Å². The van der Waals surface area contributed by atoms with Crippen molar-refractivity contribution in [3.63, 3.8) is 0 Å². The summed E-state index contributed by atoms with van der Waals surface area (Å²) in [7, 11) is 0. The van der Waals surface area contributed by atoms with Crippen LogP contribution >= 0.6 is 31.9 Å². The van der Waals surface area contributed by atoms with Crippen molar-refractivity contribution in [3.8, 4) is 0 Å². The standard InChI is InChI=1S/C13H15Br2NO/c1-4-16(8-9(2)3)13(17)11-6-5-10(14)7-12(11)15/h5-7H,2,4,8H2,1,3H3. The molecule has 0 N–H and O–H groups in total. The molecule has 0 aliphatic rings. The van der Waals surface area contributed by atoms with Crippen LogP contribution in [0.15, 0.2) is 39.3 Å². The van der Waals surface area contributed by atoms with Crippen LogP contribution < -0.4 is 0 Å². The van der Waals surface area contributed by atoms with Crippen LogP contribution in [0.25, 0.3) is 0 Å². The number of likely N-dealkylation sites (N-methyl/N-ethyl adjacent to an activating group) is 1. The van der Waals surface area contributed by atoms with Crippen LogP contribution in [0, 0.1) is 0 Å². The maximum Gasteiger partial charge on any atom is 0.255 e. The Bertz CT molecular complexity index is 443. The van der Waals surface area contributed by atoms with Gasteiger partial charge in [-0.2, -0.15) is 0 Å². The third kappa shape index (κ3) is 3.96. The Hall–Kier alpha value is -0.610. The molecule has 1 aromatic carbocycles. The Morgan fingerprint density at radius 1 is 1.41 bits per heavy atom. The summed E-state index contributed by atoms with van der Waals surface area (Å²) in [6, 6.07) is 5.56. The van der Waals surface area contributed by atoms with Gasteiger partial charge in [0.2, 0.25) is 0 Å². The molecule has 0 atom stereocenters. The zero-order chi connectivity index (χ0) is 13.0. The molecule has 0 spiro atoms. The maximum atomic E-state index is 12.3. The number of nitrogens with zero attached hydrogens (tertiary/aromatic N) is 1. The van der Waals surface area contributed by atoms with E-state index < -0.39 is 0 Å². The van der Waals surface area contributed by atoms with E-state index in [2.05, 4.69) is 38.4 Å². The minimum Gasteiger partial charge on any atom is -0.335 e. The monoisotopic (exact) mass is 359 g/mol. The smallest absolute Gasteiger partial charge is 0.255 e. The fourth-order valence-corrected chi connectivity index (χ4v) is 2.70. The van der Waals surface area contributed by atoms with Gasteiger partial charge < -0.3 is 4.90 Å². The van der Waals surface area contributed by atoms with E-state index >= 15 is 0 Å². The second-order valence-corrected chi connectivity index (χ2v) is 5.67. The van der Waals surface area contributed by atoms with Gasteiger partial charge in [0.15, 0.2) is 0 Å². The zero-order valence-electron chi connectivity index (χ0n) is 9.96. The lowest BCUT2D eigenvalue weighted by atomic mass is 10.2. The molecule has 1 rings (SSSR count). The Morgan fingerprint density at radius 2 is 2.06 bits per heavy atom. The summed E-state index contributed by atoms with van der Waals surface area (Å²) in [5.41, 5.74) is 1.66. The molecule has 0 unspecified atom stereocenters. The van der Waals surface area contributed by atoms with Crippen LogP contribution in [0.5, 0.6) is 0 Å². The van der Waals surface area contributed by atoms with Gasteiger partial charge in [0, 0.05) is 22.0 Å². The van der Waals surface area contributed by atoms with E-state index in [1.807, 2.05) is 32.0 Å². The molecule has 2 nitrogen and oxygen atoms in total. The van der Waals surface area contributed by atoms with Gasteiger partial charge in [-0.15, -0.1) is 0 Å². The third-order valence-electron chi connectivity index (χ3n) is 2.29. The number of carbonyl (C=O) groups is 1. The molecule has 0 radical (unpaired) electrons.